The largest absolute Gasteiger partial charge is 0.492 e. The van der Waals surface area contributed by atoms with Crippen LogP contribution in [0.5, 0.6) is 5.75 Å². The summed E-state index contributed by atoms with van der Waals surface area (Å²) in [5, 5.41) is 12.1. The van der Waals surface area contributed by atoms with E-state index in [0.717, 1.165) is 39.7 Å². The molecule has 5 aromatic heterocycles. The SMILES string of the molecule is CC(C)C(=O)Nc1cncc(-c2cnc3[nH]nc(-c4cc5c(-c6cc(F)cc(OCCN(C)C)c6)ccnc5[nH]4)c3c2)c1. The summed E-state index contributed by atoms with van der Waals surface area (Å²) in [6.45, 7) is 4.85. The topological polar surface area (TPSA) is 125 Å². The Morgan fingerprint density at radius 3 is 2.63 bits per heavy atom. The molecule has 10 nitrogen and oxygen atoms in total. The van der Waals surface area contributed by atoms with Crippen molar-refractivity contribution in [2.45, 2.75) is 13.8 Å². The van der Waals surface area contributed by atoms with E-state index in [1.54, 1.807) is 24.8 Å². The minimum Gasteiger partial charge on any atom is -0.492 e. The molecule has 0 saturated heterocycles. The van der Waals surface area contributed by atoms with Gasteiger partial charge in [-0.25, -0.2) is 14.4 Å². The van der Waals surface area contributed by atoms with Crippen LogP contribution in [0.15, 0.2) is 67.3 Å². The summed E-state index contributed by atoms with van der Waals surface area (Å²) in [5.41, 5.74) is 6.39. The van der Waals surface area contributed by atoms with E-state index in [-0.39, 0.29) is 17.6 Å². The number of fused-ring (bicyclic) bond motifs is 2. The Morgan fingerprint density at radius 1 is 0.977 bits per heavy atom. The van der Waals surface area contributed by atoms with Crippen LogP contribution in [0.3, 0.4) is 0 Å². The first-order chi connectivity index (χ1) is 20.7. The normalized spacial score (nSPS) is 11.6. The van der Waals surface area contributed by atoms with E-state index in [1.807, 2.05) is 63.2 Å². The van der Waals surface area contributed by atoms with Gasteiger partial charge in [-0.2, -0.15) is 5.10 Å². The van der Waals surface area contributed by atoms with Gasteiger partial charge in [0.25, 0.3) is 0 Å². The van der Waals surface area contributed by atoms with Gasteiger partial charge >= 0.3 is 0 Å². The van der Waals surface area contributed by atoms with Gasteiger partial charge in [0.2, 0.25) is 5.91 Å². The number of benzene rings is 1. The molecule has 0 unspecified atom stereocenters. The molecule has 0 bridgehead atoms. The lowest BCUT2D eigenvalue weighted by atomic mass is 10.0. The first-order valence-electron chi connectivity index (χ1n) is 13.9. The zero-order chi connectivity index (χ0) is 30.1. The number of hydrogen-bond donors (Lipinski definition) is 3. The molecule has 0 fully saturated rings. The molecule has 11 heteroatoms. The Hall–Kier alpha value is -5.16. The summed E-state index contributed by atoms with van der Waals surface area (Å²) in [6.07, 6.45) is 6.77. The number of amides is 1. The van der Waals surface area contributed by atoms with E-state index in [1.165, 1.54) is 12.1 Å². The molecule has 0 saturated carbocycles. The number of hydrogen-bond acceptors (Lipinski definition) is 7. The van der Waals surface area contributed by atoms with Crippen LogP contribution in [0.4, 0.5) is 10.1 Å². The fraction of sp³-hybridized carbons (Fsp3) is 0.219. The number of aromatic nitrogens is 6. The van der Waals surface area contributed by atoms with Gasteiger partial charge in [0.05, 0.1) is 17.6 Å². The van der Waals surface area contributed by atoms with E-state index < -0.39 is 0 Å². The summed E-state index contributed by atoms with van der Waals surface area (Å²) in [7, 11) is 3.92. The molecule has 6 rings (SSSR count). The van der Waals surface area contributed by atoms with Gasteiger partial charge in [-0.1, -0.05) is 13.8 Å². The summed E-state index contributed by atoms with van der Waals surface area (Å²) in [6, 6.07) is 12.4. The standard InChI is InChI=1S/C32H31FN8O2/c1-18(2)32(42)37-23-10-20(15-34-17-23)21-12-27-29(39-40-31(27)36-16-21)28-14-26-25(5-6-35-30(26)38-28)19-9-22(33)13-24(11-19)43-8-7-41(3)4/h5-6,9-18H,7-8H2,1-4H3,(H,35,38)(H,37,42)(H,36,39,40). The summed E-state index contributed by atoms with van der Waals surface area (Å²) in [5.74, 6) is -0.136. The average Bonchev–Trinajstić information content (AvgIpc) is 3.60. The van der Waals surface area contributed by atoms with E-state index >= 15 is 0 Å². The van der Waals surface area contributed by atoms with Crippen LogP contribution < -0.4 is 10.1 Å². The zero-order valence-corrected chi connectivity index (χ0v) is 24.3. The molecule has 0 aliphatic heterocycles. The van der Waals surface area contributed by atoms with Crippen molar-refractivity contribution in [3.8, 4) is 39.4 Å². The molecule has 0 radical (unpaired) electrons. The Bertz CT molecular complexity index is 1950. The smallest absolute Gasteiger partial charge is 0.226 e. The number of pyridine rings is 3. The van der Waals surface area contributed by atoms with Crippen molar-refractivity contribution in [2.24, 2.45) is 5.92 Å². The number of ether oxygens (including phenoxy) is 1. The maximum Gasteiger partial charge on any atom is 0.226 e. The van der Waals surface area contributed by atoms with Crippen molar-refractivity contribution >= 4 is 33.7 Å². The third-order valence-electron chi connectivity index (χ3n) is 7.06. The van der Waals surface area contributed by atoms with Gasteiger partial charge in [0, 0.05) is 59.0 Å². The molecule has 0 spiro atoms. The monoisotopic (exact) mass is 578 g/mol. The number of nitrogens with zero attached hydrogens (tertiary/aromatic N) is 5. The van der Waals surface area contributed by atoms with Crippen molar-refractivity contribution in [2.75, 3.05) is 32.6 Å². The van der Waals surface area contributed by atoms with Crippen LogP contribution in [0.1, 0.15) is 13.8 Å². The third-order valence-corrected chi connectivity index (χ3v) is 7.06. The number of H-pyrrole nitrogens is 2. The highest BCUT2D eigenvalue weighted by Crippen LogP contribution is 2.35. The summed E-state index contributed by atoms with van der Waals surface area (Å²) in [4.78, 5) is 31.0. The molecular formula is C32H31FN8O2. The van der Waals surface area contributed by atoms with E-state index in [9.17, 15) is 9.18 Å². The molecule has 6 aromatic rings. The van der Waals surface area contributed by atoms with Gasteiger partial charge in [-0.15, -0.1) is 0 Å². The maximum atomic E-state index is 14.6. The highest BCUT2D eigenvalue weighted by molar-refractivity contribution is 6.00. The van der Waals surface area contributed by atoms with Crippen LogP contribution in [0.25, 0.3) is 55.7 Å². The number of likely N-dealkylation sites (N-methyl/N-ethyl adjacent to an activating group) is 1. The van der Waals surface area contributed by atoms with Gasteiger partial charge in [-0.05, 0) is 61.6 Å². The number of rotatable bonds is 9. The van der Waals surface area contributed by atoms with E-state index in [0.29, 0.717) is 40.6 Å². The number of aromatic amines is 2. The molecule has 1 amide bonds. The Balaban J connectivity index is 1.36. The van der Waals surface area contributed by atoms with Gasteiger partial charge in [0.15, 0.2) is 5.65 Å². The molecule has 3 N–H and O–H groups in total. The fourth-order valence-corrected chi connectivity index (χ4v) is 4.77. The van der Waals surface area contributed by atoms with Crippen molar-refractivity contribution in [3.63, 3.8) is 0 Å². The number of anilines is 1. The Morgan fingerprint density at radius 2 is 1.81 bits per heavy atom. The van der Waals surface area contributed by atoms with Crippen LogP contribution in [0, 0.1) is 11.7 Å². The molecule has 0 atom stereocenters. The van der Waals surface area contributed by atoms with E-state index in [4.69, 9.17) is 4.74 Å². The van der Waals surface area contributed by atoms with Gasteiger partial charge in [-0.3, -0.25) is 14.9 Å². The second-order valence-corrected chi connectivity index (χ2v) is 10.9. The minimum absolute atomic E-state index is 0.0808. The highest BCUT2D eigenvalue weighted by atomic mass is 19.1. The van der Waals surface area contributed by atoms with Crippen LogP contribution in [-0.4, -0.2) is 68.2 Å². The number of nitrogens with one attached hydrogen (secondary N) is 3. The predicted molar refractivity (Wildman–Crippen MR) is 165 cm³/mol. The molecule has 0 aliphatic carbocycles. The number of halogens is 1. The quantitative estimate of drug-likeness (QED) is 0.195. The third kappa shape index (κ3) is 5.93. The molecule has 0 aliphatic rings. The minimum atomic E-state index is -0.377. The summed E-state index contributed by atoms with van der Waals surface area (Å²) < 4.78 is 20.5. The van der Waals surface area contributed by atoms with Crippen molar-refractivity contribution in [1.29, 1.82) is 0 Å². The van der Waals surface area contributed by atoms with Crippen LogP contribution in [0.2, 0.25) is 0 Å². The highest BCUT2D eigenvalue weighted by Gasteiger charge is 2.17. The Labute approximate surface area is 247 Å². The lowest BCUT2D eigenvalue weighted by molar-refractivity contribution is -0.118. The average molecular weight is 579 g/mol. The Kier molecular flexibility index (Phi) is 7.56. The molecular weight excluding hydrogens is 547 g/mol. The van der Waals surface area contributed by atoms with E-state index in [2.05, 4.69) is 35.5 Å². The predicted octanol–water partition coefficient (Wildman–Crippen LogP) is 5.90. The molecule has 43 heavy (non-hydrogen) atoms. The number of carbonyl (C=O) groups is 1. The van der Waals surface area contributed by atoms with Gasteiger partial charge < -0.3 is 19.9 Å². The van der Waals surface area contributed by atoms with Crippen LogP contribution >= 0.6 is 0 Å². The maximum absolute atomic E-state index is 14.6. The summed E-state index contributed by atoms with van der Waals surface area (Å²) >= 11 is 0. The molecule has 218 valence electrons. The fourth-order valence-electron chi connectivity index (χ4n) is 4.77. The second kappa shape index (κ2) is 11.6. The first kappa shape index (κ1) is 28.0. The van der Waals surface area contributed by atoms with Gasteiger partial charge in [0.1, 0.15) is 29.5 Å². The van der Waals surface area contributed by atoms with Crippen molar-refractivity contribution in [1.82, 2.24) is 35.0 Å². The molecule has 1 aromatic carbocycles. The van der Waals surface area contributed by atoms with Crippen LogP contribution in [-0.2, 0) is 4.79 Å². The van der Waals surface area contributed by atoms with Crippen molar-refractivity contribution in [3.05, 3.63) is 73.1 Å². The number of carbonyl (C=O) groups excluding carboxylic acids is 1. The lowest BCUT2D eigenvalue weighted by Gasteiger charge is -2.12. The lowest BCUT2D eigenvalue weighted by Crippen LogP contribution is -2.19. The molecule has 5 heterocycles. The first-order valence-corrected chi connectivity index (χ1v) is 13.9. The zero-order valence-electron chi connectivity index (χ0n) is 24.3. The second-order valence-electron chi connectivity index (χ2n) is 10.9. The van der Waals surface area contributed by atoms with Crippen molar-refractivity contribution < 1.29 is 13.9 Å².